The van der Waals surface area contributed by atoms with E-state index >= 15 is 0 Å². The summed E-state index contributed by atoms with van der Waals surface area (Å²) in [6, 6.07) is 6.25. The second-order valence-electron chi connectivity index (χ2n) is 6.53. The Morgan fingerprint density at radius 3 is 2.54 bits per heavy atom. The highest BCUT2D eigenvalue weighted by atomic mass is 35.5. The first-order chi connectivity index (χ1) is 13.2. The highest BCUT2D eigenvalue weighted by Crippen LogP contribution is 2.26. The van der Waals surface area contributed by atoms with Crippen LogP contribution in [-0.2, 0) is 6.54 Å². The molecule has 0 spiro atoms. The number of hydrogen-bond acceptors (Lipinski definition) is 4. The molecule has 9 heteroatoms. The van der Waals surface area contributed by atoms with Crippen LogP contribution in [0.15, 0.2) is 33.9 Å². The summed E-state index contributed by atoms with van der Waals surface area (Å²) in [4.78, 5) is 44.3. The molecule has 0 radical (unpaired) electrons. The molecule has 0 unspecified atom stereocenters. The number of carbonyl (C=O) groups excluding carboxylic acids is 1. The van der Waals surface area contributed by atoms with Gasteiger partial charge >= 0.3 is 5.69 Å². The molecule has 0 aliphatic heterocycles. The fourth-order valence-electron chi connectivity index (χ4n) is 2.83. The zero-order valence-electron chi connectivity index (χ0n) is 15.5. The van der Waals surface area contributed by atoms with Crippen LogP contribution in [0.25, 0.3) is 11.0 Å². The first-order valence-electron chi connectivity index (χ1n) is 8.67. The molecule has 1 aromatic carbocycles. The zero-order valence-corrected chi connectivity index (χ0v) is 17.0. The Hall–Kier alpha value is -2.64. The number of hydrogen-bond donors (Lipinski definition) is 2. The van der Waals surface area contributed by atoms with Crippen molar-refractivity contribution in [2.45, 2.75) is 33.2 Å². The van der Waals surface area contributed by atoms with Crippen molar-refractivity contribution >= 4 is 45.8 Å². The number of benzene rings is 1. The average molecular weight is 421 g/mol. The van der Waals surface area contributed by atoms with E-state index in [1.807, 2.05) is 13.8 Å². The van der Waals surface area contributed by atoms with Gasteiger partial charge < -0.3 is 5.32 Å². The summed E-state index contributed by atoms with van der Waals surface area (Å²) in [5.41, 5.74) is 0.107. The Bertz CT molecular complexity index is 1200. The lowest BCUT2D eigenvalue weighted by Crippen LogP contribution is -2.32. The Balaban J connectivity index is 2.23. The molecule has 0 bridgehead atoms. The van der Waals surface area contributed by atoms with E-state index in [0.29, 0.717) is 28.0 Å². The minimum Gasteiger partial charge on any atom is -0.322 e. The van der Waals surface area contributed by atoms with Crippen molar-refractivity contribution in [2.24, 2.45) is 0 Å². The fraction of sp³-hybridized carbons (Fsp3) is 0.263. The van der Waals surface area contributed by atoms with E-state index in [1.165, 1.54) is 10.6 Å². The van der Waals surface area contributed by atoms with Gasteiger partial charge in [0.25, 0.3) is 11.5 Å². The average Bonchev–Trinajstić information content (AvgIpc) is 2.63. The SMILES string of the molecule is CCn1c(=O)[nH]c(=O)c2c(C(=O)Nc3ccc(Cl)c(Cl)c3)cc(C(C)C)nc21. The number of carbonyl (C=O) groups is 1. The highest BCUT2D eigenvalue weighted by molar-refractivity contribution is 6.42. The molecular weight excluding hydrogens is 403 g/mol. The molecule has 3 rings (SSSR count). The number of halogens is 2. The molecule has 2 N–H and O–H groups in total. The number of aromatic amines is 1. The van der Waals surface area contributed by atoms with Crippen molar-refractivity contribution in [3.05, 3.63) is 66.4 Å². The molecule has 3 aromatic rings. The summed E-state index contributed by atoms with van der Waals surface area (Å²) >= 11 is 11.9. The molecule has 146 valence electrons. The number of aromatic nitrogens is 3. The molecule has 0 saturated heterocycles. The molecule has 28 heavy (non-hydrogen) atoms. The summed E-state index contributed by atoms with van der Waals surface area (Å²) in [6.07, 6.45) is 0. The number of anilines is 1. The molecule has 7 nitrogen and oxygen atoms in total. The predicted octanol–water partition coefficient (Wildman–Crippen LogP) is 3.79. The Morgan fingerprint density at radius 1 is 1.21 bits per heavy atom. The Labute approximate surface area is 170 Å². The topological polar surface area (TPSA) is 96.9 Å². The van der Waals surface area contributed by atoms with Crippen molar-refractivity contribution in [3.63, 3.8) is 0 Å². The lowest BCUT2D eigenvalue weighted by Gasteiger charge is -2.14. The zero-order chi connectivity index (χ0) is 20.6. The van der Waals surface area contributed by atoms with E-state index in [2.05, 4.69) is 15.3 Å². The maximum absolute atomic E-state index is 13.0. The molecule has 0 fully saturated rings. The van der Waals surface area contributed by atoms with Crippen molar-refractivity contribution < 1.29 is 4.79 Å². The molecular formula is C19H18Cl2N4O3. The lowest BCUT2D eigenvalue weighted by molar-refractivity contribution is 0.102. The monoisotopic (exact) mass is 420 g/mol. The molecule has 0 atom stereocenters. The molecule has 0 saturated carbocycles. The Kier molecular flexibility index (Phi) is 5.58. The van der Waals surface area contributed by atoms with Gasteiger partial charge in [-0.1, -0.05) is 37.0 Å². The number of rotatable bonds is 4. The van der Waals surface area contributed by atoms with Crippen LogP contribution < -0.4 is 16.6 Å². The van der Waals surface area contributed by atoms with E-state index in [-0.39, 0.29) is 22.5 Å². The largest absolute Gasteiger partial charge is 0.329 e. The van der Waals surface area contributed by atoms with Gasteiger partial charge in [-0.05, 0) is 37.1 Å². The smallest absolute Gasteiger partial charge is 0.322 e. The van der Waals surface area contributed by atoms with Gasteiger partial charge in [-0.3, -0.25) is 19.1 Å². The third-order valence-electron chi connectivity index (χ3n) is 4.30. The molecule has 2 aromatic heterocycles. The normalized spacial score (nSPS) is 11.2. The second-order valence-corrected chi connectivity index (χ2v) is 7.35. The van der Waals surface area contributed by atoms with Gasteiger partial charge in [0.05, 0.1) is 21.0 Å². The number of nitrogens with one attached hydrogen (secondary N) is 2. The maximum Gasteiger partial charge on any atom is 0.329 e. The minimum absolute atomic E-state index is 0.0133. The van der Waals surface area contributed by atoms with Crippen LogP contribution in [0.1, 0.15) is 42.7 Å². The summed E-state index contributed by atoms with van der Waals surface area (Å²) in [5.74, 6) is -0.528. The van der Waals surface area contributed by atoms with Crippen LogP contribution in [-0.4, -0.2) is 20.4 Å². The van der Waals surface area contributed by atoms with Gasteiger partial charge in [0.2, 0.25) is 0 Å². The summed E-state index contributed by atoms with van der Waals surface area (Å²) in [7, 11) is 0. The number of nitrogens with zero attached hydrogens (tertiary/aromatic N) is 2. The molecule has 1 amide bonds. The quantitative estimate of drug-likeness (QED) is 0.670. The molecule has 0 aliphatic carbocycles. The van der Waals surface area contributed by atoms with E-state index in [9.17, 15) is 14.4 Å². The first kappa shape index (κ1) is 20.1. The second kappa shape index (κ2) is 7.77. The van der Waals surface area contributed by atoms with Gasteiger partial charge in [-0.2, -0.15) is 0 Å². The van der Waals surface area contributed by atoms with Crippen LogP contribution in [0.4, 0.5) is 5.69 Å². The van der Waals surface area contributed by atoms with Crippen molar-refractivity contribution in [1.29, 1.82) is 0 Å². The van der Waals surface area contributed by atoms with Gasteiger partial charge in [-0.25, -0.2) is 9.78 Å². The van der Waals surface area contributed by atoms with Gasteiger partial charge in [0.15, 0.2) is 5.65 Å². The first-order valence-corrected chi connectivity index (χ1v) is 9.42. The van der Waals surface area contributed by atoms with Crippen molar-refractivity contribution in [2.75, 3.05) is 5.32 Å². The maximum atomic E-state index is 13.0. The van der Waals surface area contributed by atoms with Crippen LogP contribution in [0, 0.1) is 0 Å². The van der Waals surface area contributed by atoms with Crippen molar-refractivity contribution in [1.82, 2.24) is 14.5 Å². The molecule has 0 aliphatic rings. The van der Waals surface area contributed by atoms with E-state index in [4.69, 9.17) is 23.2 Å². The van der Waals surface area contributed by atoms with E-state index in [0.717, 1.165) is 0 Å². The number of H-pyrrole nitrogens is 1. The van der Waals surface area contributed by atoms with Gasteiger partial charge in [-0.15, -0.1) is 0 Å². The highest BCUT2D eigenvalue weighted by Gasteiger charge is 2.20. The van der Waals surface area contributed by atoms with E-state index < -0.39 is 17.2 Å². The summed E-state index contributed by atoms with van der Waals surface area (Å²) < 4.78 is 1.33. The lowest BCUT2D eigenvalue weighted by atomic mass is 10.0. The third kappa shape index (κ3) is 3.68. The van der Waals surface area contributed by atoms with Crippen LogP contribution in [0.3, 0.4) is 0 Å². The van der Waals surface area contributed by atoms with Gasteiger partial charge in [0.1, 0.15) is 0 Å². The number of amides is 1. The van der Waals surface area contributed by atoms with Crippen LogP contribution in [0.2, 0.25) is 10.0 Å². The summed E-state index contributed by atoms with van der Waals surface area (Å²) in [5, 5.41) is 3.42. The number of aryl methyl sites for hydroxylation is 1. The van der Waals surface area contributed by atoms with Crippen LogP contribution >= 0.6 is 23.2 Å². The minimum atomic E-state index is -0.660. The number of fused-ring (bicyclic) bond motifs is 1. The standard InChI is InChI=1S/C19H18Cl2N4O3/c1-4-25-16-15(18(27)24-19(25)28)11(8-14(23-16)9(2)3)17(26)22-10-5-6-12(20)13(21)7-10/h5-9H,4H2,1-3H3,(H,22,26)(H,24,27,28). The number of pyridine rings is 1. The predicted molar refractivity (Wildman–Crippen MR) is 111 cm³/mol. The third-order valence-corrected chi connectivity index (χ3v) is 5.04. The molecule has 2 heterocycles. The fourth-order valence-corrected chi connectivity index (χ4v) is 3.13. The summed E-state index contributed by atoms with van der Waals surface area (Å²) in [6.45, 7) is 5.89. The van der Waals surface area contributed by atoms with Gasteiger partial charge in [0, 0.05) is 17.9 Å². The van der Waals surface area contributed by atoms with E-state index in [1.54, 1.807) is 25.1 Å². The Morgan fingerprint density at radius 2 is 1.93 bits per heavy atom. The van der Waals surface area contributed by atoms with Crippen LogP contribution in [0.5, 0.6) is 0 Å². The van der Waals surface area contributed by atoms with Crippen molar-refractivity contribution in [3.8, 4) is 0 Å².